The van der Waals surface area contributed by atoms with E-state index in [0.29, 0.717) is 22.5 Å². The molecule has 0 heterocycles. The zero-order chi connectivity index (χ0) is 32.1. The lowest BCUT2D eigenvalue weighted by Crippen LogP contribution is -2.04. The standard InChI is InChI=1S/C32H24N10O4/c43-41(44)29-19-15-27(16-20-29)35-39-31(37-33-25-7-3-1-4-8-25)23-11-13-24(14-12-23)32(38-34-26-9-5-2-6-10-26)40-36-28-17-21-30(22-18-28)42(45)46/h1-22,33-34H/b37-31-,38-32+,39-35?,40-36?. The van der Waals surface area contributed by atoms with E-state index in [2.05, 4.69) is 41.5 Å². The molecule has 226 valence electrons. The van der Waals surface area contributed by atoms with Crippen LogP contribution in [0.5, 0.6) is 0 Å². The average Bonchev–Trinajstić information content (AvgIpc) is 3.10. The molecule has 0 aliphatic carbocycles. The van der Waals surface area contributed by atoms with Gasteiger partial charge in [0, 0.05) is 35.4 Å². The number of hydrogen-bond acceptors (Lipinski definition) is 10. The molecule has 5 aromatic carbocycles. The van der Waals surface area contributed by atoms with E-state index in [0.717, 1.165) is 11.4 Å². The molecule has 46 heavy (non-hydrogen) atoms. The number of nitrogens with zero attached hydrogens (tertiary/aromatic N) is 8. The largest absolute Gasteiger partial charge is 0.276 e. The summed E-state index contributed by atoms with van der Waals surface area (Å²) >= 11 is 0. The van der Waals surface area contributed by atoms with E-state index >= 15 is 0 Å². The van der Waals surface area contributed by atoms with Crippen LogP contribution in [0.2, 0.25) is 0 Å². The first-order chi connectivity index (χ1) is 22.4. The molecule has 0 aliphatic rings. The summed E-state index contributed by atoms with van der Waals surface area (Å²) in [7, 11) is 0. The SMILES string of the molecule is O=[N+]([O-])c1ccc(N=N/C(=N\Nc2ccccc2)c2ccc(/C(N=Nc3ccc([N+](=O)[O-])cc3)=N\Nc3ccccc3)cc2)cc1. The Morgan fingerprint density at radius 2 is 0.826 bits per heavy atom. The highest BCUT2D eigenvalue weighted by molar-refractivity contribution is 6.03. The quantitative estimate of drug-likeness (QED) is 0.0522. The molecule has 0 aromatic heterocycles. The minimum atomic E-state index is -0.489. The highest BCUT2D eigenvalue weighted by Crippen LogP contribution is 2.21. The molecule has 0 amide bonds. The molecule has 0 aliphatic heterocycles. The predicted octanol–water partition coefficient (Wildman–Crippen LogP) is 8.62. The minimum absolute atomic E-state index is 0.0564. The van der Waals surface area contributed by atoms with Gasteiger partial charge < -0.3 is 0 Å². The van der Waals surface area contributed by atoms with Crippen molar-refractivity contribution in [2.24, 2.45) is 30.7 Å². The number of non-ortho nitro benzene ring substituents is 2. The second-order valence-corrected chi connectivity index (χ2v) is 9.35. The summed E-state index contributed by atoms with van der Waals surface area (Å²) < 4.78 is 0. The van der Waals surface area contributed by atoms with E-state index in [-0.39, 0.29) is 23.0 Å². The molecule has 0 saturated heterocycles. The summed E-state index contributed by atoms with van der Waals surface area (Å²) in [6.45, 7) is 0. The van der Waals surface area contributed by atoms with Crippen LogP contribution in [-0.4, -0.2) is 21.5 Å². The Bertz CT molecular complexity index is 1770. The van der Waals surface area contributed by atoms with Gasteiger partial charge >= 0.3 is 0 Å². The van der Waals surface area contributed by atoms with Gasteiger partial charge in [-0.2, -0.15) is 10.2 Å². The maximum Gasteiger partial charge on any atom is 0.269 e. The molecule has 0 spiro atoms. The van der Waals surface area contributed by atoms with Gasteiger partial charge in [-0.1, -0.05) is 60.7 Å². The molecular weight excluding hydrogens is 588 g/mol. The van der Waals surface area contributed by atoms with Crippen LogP contribution in [0.1, 0.15) is 11.1 Å². The van der Waals surface area contributed by atoms with Gasteiger partial charge in [-0.15, -0.1) is 20.5 Å². The third kappa shape index (κ3) is 8.54. The highest BCUT2D eigenvalue weighted by Gasteiger charge is 2.10. The Morgan fingerprint density at radius 3 is 1.15 bits per heavy atom. The molecule has 14 nitrogen and oxygen atoms in total. The second-order valence-electron chi connectivity index (χ2n) is 9.35. The molecule has 0 saturated carbocycles. The average molecular weight is 613 g/mol. The first kappa shape index (κ1) is 30.5. The fraction of sp³-hybridized carbons (Fsp3) is 0. The molecule has 0 bridgehead atoms. The molecule has 0 fully saturated rings. The Balaban J connectivity index is 1.44. The number of rotatable bonds is 10. The van der Waals surface area contributed by atoms with Crippen LogP contribution in [0.3, 0.4) is 0 Å². The summed E-state index contributed by atoms with van der Waals surface area (Å²) in [4.78, 5) is 21.0. The lowest BCUT2D eigenvalue weighted by atomic mass is 10.1. The number of para-hydroxylation sites is 2. The van der Waals surface area contributed by atoms with Crippen molar-refractivity contribution in [3.63, 3.8) is 0 Å². The lowest BCUT2D eigenvalue weighted by Gasteiger charge is -2.06. The topological polar surface area (TPSA) is 185 Å². The Labute approximate surface area is 261 Å². The van der Waals surface area contributed by atoms with Crippen LogP contribution in [0.15, 0.2) is 164 Å². The molecule has 0 atom stereocenters. The number of nitro groups is 2. The van der Waals surface area contributed by atoms with E-state index in [4.69, 9.17) is 0 Å². The molecule has 14 heteroatoms. The van der Waals surface area contributed by atoms with Crippen molar-refractivity contribution >= 4 is 45.8 Å². The van der Waals surface area contributed by atoms with Crippen molar-refractivity contribution in [3.8, 4) is 0 Å². The van der Waals surface area contributed by atoms with E-state index in [1.54, 1.807) is 24.3 Å². The van der Waals surface area contributed by atoms with Gasteiger partial charge in [0.2, 0.25) is 11.7 Å². The van der Waals surface area contributed by atoms with E-state index < -0.39 is 9.85 Å². The predicted molar refractivity (Wildman–Crippen MR) is 175 cm³/mol. The second kappa shape index (κ2) is 15.0. The van der Waals surface area contributed by atoms with Crippen molar-refractivity contribution in [1.29, 1.82) is 0 Å². The molecule has 5 rings (SSSR count). The van der Waals surface area contributed by atoms with E-state index in [1.165, 1.54) is 48.5 Å². The van der Waals surface area contributed by atoms with Crippen molar-refractivity contribution in [3.05, 3.63) is 165 Å². The van der Waals surface area contributed by atoms with Gasteiger partial charge in [-0.25, -0.2) is 0 Å². The Hall–Kier alpha value is -6.96. The third-order valence-electron chi connectivity index (χ3n) is 6.17. The smallest absolute Gasteiger partial charge is 0.269 e. The van der Waals surface area contributed by atoms with Gasteiger partial charge in [0.05, 0.1) is 32.6 Å². The first-order valence-electron chi connectivity index (χ1n) is 13.7. The monoisotopic (exact) mass is 612 g/mol. The van der Waals surface area contributed by atoms with Gasteiger partial charge in [-0.05, 0) is 48.5 Å². The van der Waals surface area contributed by atoms with Gasteiger partial charge in [0.15, 0.2) is 0 Å². The van der Waals surface area contributed by atoms with Crippen molar-refractivity contribution in [2.45, 2.75) is 0 Å². The van der Waals surface area contributed by atoms with Crippen LogP contribution in [-0.2, 0) is 0 Å². The summed E-state index contributed by atoms with van der Waals surface area (Å²) in [5.74, 6) is 0.476. The number of hydrogen-bond donors (Lipinski definition) is 2. The zero-order valence-electron chi connectivity index (χ0n) is 23.9. The zero-order valence-corrected chi connectivity index (χ0v) is 23.9. The van der Waals surface area contributed by atoms with Crippen molar-refractivity contribution in [1.82, 2.24) is 0 Å². The minimum Gasteiger partial charge on any atom is -0.276 e. The first-order valence-corrected chi connectivity index (χ1v) is 13.7. The molecule has 0 unspecified atom stereocenters. The van der Waals surface area contributed by atoms with E-state index in [9.17, 15) is 20.2 Å². The van der Waals surface area contributed by atoms with Crippen LogP contribution in [0.4, 0.5) is 34.1 Å². The Kier molecular flexibility index (Phi) is 9.93. The summed E-state index contributed by atoms with van der Waals surface area (Å²) in [5.41, 5.74) is 9.29. The fourth-order valence-electron chi connectivity index (χ4n) is 3.81. The molecular formula is C32H24N10O4. The number of azo groups is 2. The summed E-state index contributed by atoms with van der Waals surface area (Å²) in [5, 5.41) is 47.9. The maximum atomic E-state index is 11.0. The molecule has 0 radical (unpaired) electrons. The Morgan fingerprint density at radius 1 is 0.478 bits per heavy atom. The number of anilines is 2. The van der Waals surface area contributed by atoms with Gasteiger partial charge in [0.1, 0.15) is 0 Å². The maximum absolute atomic E-state index is 11.0. The van der Waals surface area contributed by atoms with Crippen molar-refractivity contribution in [2.75, 3.05) is 10.9 Å². The number of benzene rings is 5. The van der Waals surface area contributed by atoms with Crippen LogP contribution in [0, 0.1) is 20.2 Å². The van der Waals surface area contributed by atoms with Crippen molar-refractivity contribution < 1.29 is 9.85 Å². The fourth-order valence-corrected chi connectivity index (χ4v) is 3.81. The van der Waals surface area contributed by atoms with Gasteiger partial charge in [0.25, 0.3) is 11.4 Å². The van der Waals surface area contributed by atoms with Crippen LogP contribution in [0.25, 0.3) is 0 Å². The number of amidine groups is 2. The van der Waals surface area contributed by atoms with E-state index in [1.807, 2.05) is 60.7 Å². The summed E-state index contributed by atoms with van der Waals surface area (Å²) in [6, 6.07) is 37.0. The normalized spacial score (nSPS) is 11.9. The lowest BCUT2D eigenvalue weighted by molar-refractivity contribution is -0.385. The summed E-state index contributed by atoms with van der Waals surface area (Å²) in [6.07, 6.45) is 0. The third-order valence-corrected chi connectivity index (χ3v) is 6.17. The molecule has 2 N–H and O–H groups in total. The number of nitro benzene ring substituents is 2. The number of hydrazone groups is 2. The number of nitrogens with one attached hydrogen (secondary N) is 2. The van der Waals surface area contributed by atoms with Crippen LogP contribution >= 0.6 is 0 Å². The van der Waals surface area contributed by atoms with Crippen LogP contribution < -0.4 is 10.9 Å². The molecule has 5 aromatic rings. The van der Waals surface area contributed by atoms with Gasteiger partial charge in [-0.3, -0.25) is 31.1 Å². The highest BCUT2D eigenvalue weighted by atomic mass is 16.6.